The predicted molar refractivity (Wildman–Crippen MR) is 113 cm³/mol. The zero-order chi connectivity index (χ0) is 21.5. The van der Waals surface area contributed by atoms with Crippen LogP contribution in [0.15, 0.2) is 52.9 Å². The van der Waals surface area contributed by atoms with Crippen molar-refractivity contribution in [1.29, 1.82) is 0 Å². The molecule has 1 unspecified atom stereocenters. The van der Waals surface area contributed by atoms with Crippen LogP contribution in [0.2, 0.25) is 0 Å². The van der Waals surface area contributed by atoms with E-state index in [1.165, 1.54) is 0 Å². The standard InChI is InChI=1S/C20H19N3O5.C2H6/c1-23(19-21-15-4-2-3-5-16(15)27-19)10-11-26-14-8-6-13(7-9-14)12-17-18(24)22-20(25)28-17;1-2/h2-9,17H,10-12H2,1H3,(H,22,24,25);1-2H3. The van der Waals surface area contributed by atoms with Gasteiger partial charge in [-0.05, 0) is 29.8 Å². The summed E-state index contributed by atoms with van der Waals surface area (Å²) in [5.74, 6) is 0.301. The number of oxazole rings is 1. The monoisotopic (exact) mass is 411 g/mol. The van der Waals surface area contributed by atoms with Crippen LogP contribution < -0.4 is 15.0 Å². The number of carbonyl (C=O) groups excluding carboxylic acids is 2. The minimum absolute atomic E-state index is 0.332. The molecule has 1 atom stereocenters. The maximum Gasteiger partial charge on any atom is 0.414 e. The van der Waals surface area contributed by atoms with Crippen LogP contribution in [-0.4, -0.2) is 43.3 Å². The molecule has 2 heterocycles. The first kappa shape index (κ1) is 21.2. The molecule has 2 amide bonds. The number of benzene rings is 2. The minimum Gasteiger partial charge on any atom is -0.492 e. The zero-order valence-electron chi connectivity index (χ0n) is 17.3. The van der Waals surface area contributed by atoms with Crippen LogP contribution in [0.5, 0.6) is 5.75 Å². The van der Waals surface area contributed by atoms with Crippen LogP contribution in [0.3, 0.4) is 0 Å². The van der Waals surface area contributed by atoms with Crippen molar-refractivity contribution < 1.29 is 23.5 Å². The number of imide groups is 1. The maximum atomic E-state index is 11.5. The first-order valence-corrected chi connectivity index (χ1v) is 9.88. The topological polar surface area (TPSA) is 93.9 Å². The van der Waals surface area contributed by atoms with E-state index in [4.69, 9.17) is 13.9 Å². The highest BCUT2D eigenvalue weighted by molar-refractivity contribution is 6.00. The number of carbonyl (C=O) groups is 2. The Balaban J connectivity index is 0.00000124. The average molecular weight is 411 g/mol. The van der Waals surface area contributed by atoms with Gasteiger partial charge in [-0.2, -0.15) is 4.98 Å². The summed E-state index contributed by atoms with van der Waals surface area (Å²) in [5.41, 5.74) is 2.45. The lowest BCUT2D eigenvalue weighted by molar-refractivity contribution is -0.123. The van der Waals surface area contributed by atoms with Gasteiger partial charge in [0.05, 0.1) is 6.54 Å². The normalized spacial score (nSPS) is 15.2. The SMILES string of the molecule is CC.CN(CCOc1ccc(CC2OC(=O)NC2=O)cc1)c1nc2ccccc2o1. The molecule has 158 valence electrons. The van der Waals surface area contributed by atoms with Crippen LogP contribution in [0.1, 0.15) is 19.4 Å². The van der Waals surface area contributed by atoms with Gasteiger partial charge in [0.25, 0.3) is 11.9 Å². The molecule has 0 spiro atoms. The molecule has 0 saturated carbocycles. The Morgan fingerprint density at radius 3 is 2.50 bits per heavy atom. The van der Waals surface area contributed by atoms with E-state index in [-0.39, 0.29) is 0 Å². The Labute approximate surface area is 174 Å². The van der Waals surface area contributed by atoms with Crippen LogP contribution in [-0.2, 0) is 16.0 Å². The van der Waals surface area contributed by atoms with Gasteiger partial charge in [0.1, 0.15) is 17.9 Å². The minimum atomic E-state index is -0.774. The fraction of sp³-hybridized carbons (Fsp3) is 0.318. The quantitative estimate of drug-likeness (QED) is 0.635. The van der Waals surface area contributed by atoms with E-state index in [0.29, 0.717) is 31.3 Å². The third-order valence-electron chi connectivity index (χ3n) is 4.42. The molecule has 0 radical (unpaired) electrons. The Bertz CT molecular complexity index is 966. The van der Waals surface area contributed by atoms with E-state index in [1.54, 1.807) is 0 Å². The summed E-state index contributed by atoms with van der Waals surface area (Å²) in [6.07, 6.45) is -1.14. The van der Waals surface area contributed by atoms with Gasteiger partial charge in [0.15, 0.2) is 11.7 Å². The van der Waals surface area contributed by atoms with Crippen molar-refractivity contribution in [3.63, 3.8) is 0 Å². The number of nitrogens with one attached hydrogen (secondary N) is 1. The summed E-state index contributed by atoms with van der Waals surface area (Å²) in [5, 5.41) is 2.12. The molecular weight excluding hydrogens is 386 g/mol. The Morgan fingerprint density at radius 1 is 1.10 bits per heavy atom. The number of para-hydroxylation sites is 2. The summed E-state index contributed by atoms with van der Waals surface area (Å²) in [4.78, 5) is 28.9. The Kier molecular flexibility index (Phi) is 6.90. The van der Waals surface area contributed by atoms with Gasteiger partial charge in [-0.1, -0.05) is 38.1 Å². The molecule has 8 heteroatoms. The highest BCUT2D eigenvalue weighted by atomic mass is 16.6. The number of fused-ring (bicyclic) bond motifs is 1. The predicted octanol–water partition coefficient (Wildman–Crippen LogP) is 3.55. The van der Waals surface area contributed by atoms with E-state index in [1.807, 2.05) is 74.3 Å². The molecule has 0 aliphatic carbocycles. The van der Waals surface area contributed by atoms with Gasteiger partial charge in [-0.3, -0.25) is 10.1 Å². The second kappa shape index (κ2) is 9.78. The van der Waals surface area contributed by atoms with Crippen LogP contribution in [0.25, 0.3) is 11.1 Å². The first-order valence-electron chi connectivity index (χ1n) is 9.88. The number of alkyl carbamates (subject to hydrolysis) is 1. The third kappa shape index (κ3) is 5.08. The number of rotatable bonds is 7. The maximum absolute atomic E-state index is 11.5. The molecule has 1 fully saturated rings. The molecule has 1 aliphatic rings. The van der Waals surface area contributed by atoms with Crippen molar-refractivity contribution in [2.75, 3.05) is 25.1 Å². The fourth-order valence-electron chi connectivity index (χ4n) is 2.88. The zero-order valence-corrected chi connectivity index (χ0v) is 17.3. The second-order valence-electron chi connectivity index (χ2n) is 6.47. The smallest absolute Gasteiger partial charge is 0.414 e. The number of amides is 2. The summed E-state index contributed by atoms with van der Waals surface area (Å²) < 4.78 is 16.4. The third-order valence-corrected chi connectivity index (χ3v) is 4.42. The molecule has 3 aromatic rings. The Hall–Kier alpha value is -3.55. The number of likely N-dealkylation sites (N-methyl/N-ethyl adjacent to an activating group) is 1. The molecule has 30 heavy (non-hydrogen) atoms. The van der Waals surface area contributed by atoms with Gasteiger partial charge in [0.2, 0.25) is 0 Å². The highest BCUT2D eigenvalue weighted by Crippen LogP contribution is 2.21. The summed E-state index contributed by atoms with van der Waals surface area (Å²) in [6.45, 7) is 5.06. The van der Waals surface area contributed by atoms with Crippen LogP contribution >= 0.6 is 0 Å². The largest absolute Gasteiger partial charge is 0.492 e. The summed E-state index contributed by atoms with van der Waals surface area (Å²) >= 11 is 0. The van der Waals surface area contributed by atoms with E-state index in [9.17, 15) is 9.59 Å². The van der Waals surface area contributed by atoms with Crippen molar-refractivity contribution in [3.05, 3.63) is 54.1 Å². The number of ether oxygens (including phenoxy) is 2. The number of hydrogen-bond acceptors (Lipinski definition) is 7. The number of cyclic esters (lactones) is 1. The van der Waals surface area contributed by atoms with E-state index < -0.39 is 18.1 Å². The molecule has 2 aromatic carbocycles. The molecule has 0 bridgehead atoms. The number of aromatic nitrogens is 1. The molecule has 8 nitrogen and oxygen atoms in total. The van der Waals surface area contributed by atoms with E-state index in [2.05, 4.69) is 10.3 Å². The van der Waals surface area contributed by atoms with E-state index in [0.717, 1.165) is 16.7 Å². The van der Waals surface area contributed by atoms with Crippen molar-refractivity contribution in [2.24, 2.45) is 0 Å². The molecule has 4 rings (SSSR count). The number of nitrogens with zero attached hydrogens (tertiary/aromatic N) is 2. The van der Waals surface area contributed by atoms with Gasteiger partial charge in [-0.25, -0.2) is 4.79 Å². The van der Waals surface area contributed by atoms with Crippen LogP contribution in [0.4, 0.5) is 10.8 Å². The van der Waals surface area contributed by atoms with E-state index >= 15 is 0 Å². The number of anilines is 1. The Morgan fingerprint density at radius 2 is 1.83 bits per heavy atom. The van der Waals surface area contributed by atoms with Crippen molar-refractivity contribution >= 4 is 29.1 Å². The van der Waals surface area contributed by atoms with Crippen LogP contribution in [0, 0.1) is 0 Å². The summed E-state index contributed by atoms with van der Waals surface area (Å²) in [6, 6.07) is 15.5. The first-order chi connectivity index (χ1) is 14.6. The molecule has 1 N–H and O–H groups in total. The molecular formula is C22H25N3O5. The average Bonchev–Trinajstić information content (AvgIpc) is 3.33. The summed E-state index contributed by atoms with van der Waals surface area (Å²) in [7, 11) is 1.89. The molecule has 1 saturated heterocycles. The van der Waals surface area contributed by atoms with Gasteiger partial charge in [0, 0.05) is 13.5 Å². The van der Waals surface area contributed by atoms with Gasteiger partial charge in [-0.15, -0.1) is 0 Å². The van der Waals surface area contributed by atoms with Crippen molar-refractivity contribution in [3.8, 4) is 5.75 Å². The van der Waals surface area contributed by atoms with Crippen molar-refractivity contribution in [1.82, 2.24) is 10.3 Å². The van der Waals surface area contributed by atoms with Gasteiger partial charge >= 0.3 is 6.09 Å². The lowest BCUT2D eigenvalue weighted by atomic mass is 10.1. The number of hydrogen-bond donors (Lipinski definition) is 1. The lowest BCUT2D eigenvalue weighted by Crippen LogP contribution is -2.25. The highest BCUT2D eigenvalue weighted by Gasteiger charge is 2.31. The van der Waals surface area contributed by atoms with Gasteiger partial charge < -0.3 is 18.8 Å². The molecule has 1 aromatic heterocycles. The fourth-order valence-corrected chi connectivity index (χ4v) is 2.88. The lowest BCUT2D eigenvalue weighted by Gasteiger charge is -2.15. The molecule has 1 aliphatic heterocycles. The van der Waals surface area contributed by atoms with Crippen molar-refractivity contribution in [2.45, 2.75) is 26.4 Å². The second-order valence-corrected chi connectivity index (χ2v) is 6.47.